The fourth-order valence-corrected chi connectivity index (χ4v) is 2.54. The maximum absolute atomic E-state index is 11.9. The van der Waals surface area contributed by atoms with Crippen molar-refractivity contribution in [1.82, 2.24) is 15.5 Å². The maximum atomic E-state index is 11.9. The number of nitrogens with one attached hydrogen (secondary N) is 2. The highest BCUT2D eigenvalue weighted by Gasteiger charge is 2.05. The van der Waals surface area contributed by atoms with Crippen molar-refractivity contribution < 1.29 is 19.1 Å². The van der Waals surface area contributed by atoms with Crippen molar-refractivity contribution in [3.05, 3.63) is 66.7 Å². The Balaban J connectivity index is 1.34. The van der Waals surface area contributed by atoms with E-state index in [4.69, 9.17) is 9.47 Å². The Bertz CT molecular complexity index is 961. The summed E-state index contributed by atoms with van der Waals surface area (Å²) in [7, 11) is 0. The molecule has 3 aromatic rings. The Morgan fingerprint density at radius 2 is 1.67 bits per heavy atom. The normalized spacial score (nSPS) is 10.2. The van der Waals surface area contributed by atoms with Crippen molar-refractivity contribution in [2.45, 2.75) is 6.92 Å². The molecule has 8 nitrogen and oxygen atoms in total. The van der Waals surface area contributed by atoms with E-state index in [9.17, 15) is 9.59 Å². The summed E-state index contributed by atoms with van der Waals surface area (Å²) in [6.45, 7) is 1.89. The Morgan fingerprint density at radius 3 is 2.33 bits per heavy atom. The average Bonchev–Trinajstić information content (AvgIpc) is 2.77. The van der Waals surface area contributed by atoms with E-state index in [-0.39, 0.29) is 25.0 Å². The van der Waals surface area contributed by atoms with Gasteiger partial charge in [-0.05, 0) is 30.3 Å². The molecular weight excluding hydrogens is 384 g/mol. The summed E-state index contributed by atoms with van der Waals surface area (Å²) in [6, 6.07) is 20.1. The third kappa shape index (κ3) is 6.59. The highest BCUT2D eigenvalue weighted by Crippen LogP contribution is 2.17. The number of anilines is 1. The first-order valence-corrected chi connectivity index (χ1v) is 9.39. The van der Waals surface area contributed by atoms with Gasteiger partial charge in [0.2, 0.25) is 11.8 Å². The van der Waals surface area contributed by atoms with Crippen LogP contribution in [0.4, 0.5) is 5.69 Å². The van der Waals surface area contributed by atoms with Gasteiger partial charge in [0, 0.05) is 24.2 Å². The first-order chi connectivity index (χ1) is 14.6. The Morgan fingerprint density at radius 1 is 0.900 bits per heavy atom. The number of hydrogen-bond acceptors (Lipinski definition) is 6. The minimum absolute atomic E-state index is 0.120. The molecule has 1 aromatic heterocycles. The fraction of sp³-hybridized carbons (Fsp3) is 0.182. The molecule has 8 heteroatoms. The topological polar surface area (TPSA) is 102 Å². The average molecular weight is 406 g/mol. The molecule has 30 heavy (non-hydrogen) atoms. The van der Waals surface area contributed by atoms with Crippen LogP contribution in [0.15, 0.2) is 66.7 Å². The van der Waals surface area contributed by atoms with Gasteiger partial charge in [0.05, 0.1) is 12.2 Å². The highest BCUT2D eigenvalue weighted by atomic mass is 16.5. The molecular formula is C22H22N4O4. The highest BCUT2D eigenvalue weighted by molar-refractivity contribution is 5.88. The van der Waals surface area contributed by atoms with E-state index in [2.05, 4.69) is 20.8 Å². The monoisotopic (exact) mass is 406 g/mol. The lowest BCUT2D eigenvalue weighted by Crippen LogP contribution is -2.32. The van der Waals surface area contributed by atoms with Gasteiger partial charge in [-0.3, -0.25) is 9.59 Å². The van der Waals surface area contributed by atoms with Crippen LogP contribution in [0.2, 0.25) is 0 Å². The summed E-state index contributed by atoms with van der Waals surface area (Å²) in [4.78, 5) is 22.9. The number of nitrogens with zero attached hydrogens (tertiary/aromatic N) is 2. The largest absolute Gasteiger partial charge is 0.484 e. The minimum Gasteiger partial charge on any atom is -0.484 e. The van der Waals surface area contributed by atoms with Crippen LogP contribution in [0.3, 0.4) is 0 Å². The lowest BCUT2D eigenvalue weighted by Gasteiger charge is -2.09. The molecule has 0 fully saturated rings. The molecule has 1 heterocycles. The van der Waals surface area contributed by atoms with Crippen molar-refractivity contribution in [2.75, 3.05) is 25.1 Å². The predicted octanol–water partition coefficient (Wildman–Crippen LogP) is 2.68. The molecule has 0 spiro atoms. The van der Waals surface area contributed by atoms with Crippen molar-refractivity contribution in [3.63, 3.8) is 0 Å². The van der Waals surface area contributed by atoms with Crippen LogP contribution in [-0.4, -0.2) is 41.8 Å². The van der Waals surface area contributed by atoms with Gasteiger partial charge in [-0.1, -0.05) is 30.3 Å². The number of carbonyl (C=O) groups excluding carboxylic acids is 2. The Hall–Kier alpha value is -3.94. The van der Waals surface area contributed by atoms with E-state index < -0.39 is 0 Å². The molecule has 2 aromatic carbocycles. The predicted molar refractivity (Wildman–Crippen MR) is 112 cm³/mol. The second kappa shape index (κ2) is 10.6. The number of aromatic nitrogens is 2. The van der Waals surface area contributed by atoms with Crippen LogP contribution in [0.5, 0.6) is 11.6 Å². The van der Waals surface area contributed by atoms with Crippen molar-refractivity contribution in [1.29, 1.82) is 0 Å². The molecule has 0 saturated heterocycles. The van der Waals surface area contributed by atoms with Gasteiger partial charge in [0.15, 0.2) is 6.61 Å². The zero-order valence-corrected chi connectivity index (χ0v) is 16.5. The van der Waals surface area contributed by atoms with E-state index >= 15 is 0 Å². The molecule has 3 rings (SSSR count). The number of carbonyl (C=O) groups is 2. The number of rotatable bonds is 9. The fourth-order valence-electron chi connectivity index (χ4n) is 2.54. The molecule has 0 saturated carbocycles. The molecule has 0 aliphatic rings. The molecule has 0 aliphatic carbocycles. The summed E-state index contributed by atoms with van der Waals surface area (Å²) in [5.41, 5.74) is 2.41. The number of benzene rings is 2. The van der Waals surface area contributed by atoms with Gasteiger partial charge in [-0.25, -0.2) is 0 Å². The first kappa shape index (κ1) is 20.8. The molecule has 2 N–H and O–H groups in total. The lowest BCUT2D eigenvalue weighted by atomic mass is 10.1. The molecule has 0 radical (unpaired) electrons. The Kier molecular flexibility index (Phi) is 7.32. The van der Waals surface area contributed by atoms with Gasteiger partial charge in [-0.2, -0.15) is 0 Å². The van der Waals surface area contributed by atoms with E-state index in [0.717, 1.165) is 11.3 Å². The second-order valence-corrected chi connectivity index (χ2v) is 6.32. The molecule has 0 bridgehead atoms. The third-order valence-electron chi connectivity index (χ3n) is 3.93. The second-order valence-electron chi connectivity index (χ2n) is 6.32. The standard InChI is InChI=1S/C22H22N4O4/c1-16(27)24-18-7-9-19(10-8-18)30-15-21(28)23-13-14-29-22-12-11-20(25-26-22)17-5-3-2-4-6-17/h2-12H,13-15H2,1H3,(H,23,28)(H,24,27). The first-order valence-electron chi connectivity index (χ1n) is 9.39. The zero-order valence-electron chi connectivity index (χ0n) is 16.5. The van der Waals surface area contributed by atoms with Crippen molar-refractivity contribution in [3.8, 4) is 22.9 Å². The van der Waals surface area contributed by atoms with E-state index in [1.54, 1.807) is 30.3 Å². The number of amides is 2. The SMILES string of the molecule is CC(=O)Nc1ccc(OCC(=O)NCCOc2ccc(-c3ccccc3)nn2)cc1. The minimum atomic E-state index is -0.268. The van der Waals surface area contributed by atoms with Crippen LogP contribution in [0, 0.1) is 0 Å². The Labute approximate surface area is 174 Å². The summed E-state index contributed by atoms with van der Waals surface area (Å²) in [5.74, 6) is 0.502. The van der Waals surface area contributed by atoms with Gasteiger partial charge in [0.1, 0.15) is 12.4 Å². The molecule has 0 unspecified atom stereocenters. The lowest BCUT2D eigenvalue weighted by molar-refractivity contribution is -0.123. The van der Waals surface area contributed by atoms with E-state index in [1.807, 2.05) is 36.4 Å². The zero-order chi connectivity index (χ0) is 21.2. The smallest absolute Gasteiger partial charge is 0.258 e. The molecule has 2 amide bonds. The van der Waals surface area contributed by atoms with Crippen LogP contribution in [-0.2, 0) is 9.59 Å². The third-order valence-corrected chi connectivity index (χ3v) is 3.93. The quantitative estimate of drug-likeness (QED) is 0.530. The van der Waals surface area contributed by atoms with Crippen LogP contribution in [0.1, 0.15) is 6.92 Å². The summed E-state index contributed by atoms with van der Waals surface area (Å²) in [6.07, 6.45) is 0. The summed E-state index contributed by atoms with van der Waals surface area (Å²) < 4.78 is 10.9. The number of ether oxygens (including phenoxy) is 2. The van der Waals surface area contributed by atoms with Gasteiger partial charge < -0.3 is 20.1 Å². The van der Waals surface area contributed by atoms with Crippen LogP contribution < -0.4 is 20.1 Å². The summed E-state index contributed by atoms with van der Waals surface area (Å²) in [5, 5.41) is 13.5. The van der Waals surface area contributed by atoms with Crippen LogP contribution in [0.25, 0.3) is 11.3 Å². The van der Waals surface area contributed by atoms with Crippen molar-refractivity contribution in [2.24, 2.45) is 0 Å². The molecule has 0 atom stereocenters. The molecule has 0 aliphatic heterocycles. The molecule has 154 valence electrons. The van der Waals surface area contributed by atoms with Crippen molar-refractivity contribution >= 4 is 17.5 Å². The van der Waals surface area contributed by atoms with Gasteiger partial charge >= 0.3 is 0 Å². The van der Waals surface area contributed by atoms with E-state index in [0.29, 0.717) is 23.9 Å². The summed E-state index contributed by atoms with van der Waals surface area (Å²) >= 11 is 0. The van der Waals surface area contributed by atoms with Gasteiger partial charge in [0.25, 0.3) is 5.91 Å². The number of hydrogen-bond donors (Lipinski definition) is 2. The van der Waals surface area contributed by atoms with Gasteiger partial charge in [-0.15, -0.1) is 10.2 Å². The van der Waals surface area contributed by atoms with E-state index in [1.165, 1.54) is 6.92 Å². The van der Waals surface area contributed by atoms with Crippen LogP contribution >= 0.6 is 0 Å². The maximum Gasteiger partial charge on any atom is 0.258 e.